The topological polar surface area (TPSA) is 129 Å². The van der Waals surface area contributed by atoms with Gasteiger partial charge in [0, 0.05) is 30.2 Å². The number of amides is 1. The van der Waals surface area contributed by atoms with Crippen molar-refractivity contribution >= 4 is 28.1 Å². The Kier molecular flexibility index (Phi) is 4.56. The molecule has 10 nitrogen and oxygen atoms in total. The SMILES string of the molecule is O=C(Nc1nnc(-c2ccccn2)s1)c1ccc(-n2ccnc2)c([N+](=O)[O-])c1. The number of carbonyl (C=O) groups is 1. The van der Waals surface area contributed by atoms with Gasteiger partial charge in [-0.1, -0.05) is 17.4 Å². The van der Waals surface area contributed by atoms with Crippen molar-refractivity contribution in [1.29, 1.82) is 0 Å². The lowest BCUT2D eigenvalue weighted by Gasteiger charge is -2.06. The summed E-state index contributed by atoms with van der Waals surface area (Å²) in [6.45, 7) is 0. The monoisotopic (exact) mass is 393 g/mol. The first-order valence-electron chi connectivity index (χ1n) is 7.95. The van der Waals surface area contributed by atoms with Crippen molar-refractivity contribution in [3.63, 3.8) is 0 Å². The molecule has 4 rings (SSSR count). The van der Waals surface area contributed by atoms with E-state index < -0.39 is 10.8 Å². The summed E-state index contributed by atoms with van der Waals surface area (Å²) in [5.41, 5.74) is 0.871. The quantitative estimate of drug-likeness (QED) is 0.408. The fourth-order valence-corrected chi connectivity index (χ4v) is 3.18. The zero-order chi connectivity index (χ0) is 19.5. The number of nitro groups is 1. The molecule has 0 saturated carbocycles. The first-order valence-corrected chi connectivity index (χ1v) is 8.76. The van der Waals surface area contributed by atoms with E-state index in [1.807, 2.05) is 6.07 Å². The van der Waals surface area contributed by atoms with Crippen LogP contribution in [0.3, 0.4) is 0 Å². The number of hydrogen-bond donors (Lipinski definition) is 1. The molecule has 0 unspecified atom stereocenters. The van der Waals surface area contributed by atoms with Crippen LogP contribution >= 0.6 is 11.3 Å². The molecule has 0 aliphatic heterocycles. The Hall–Kier alpha value is -3.99. The van der Waals surface area contributed by atoms with Crippen LogP contribution in [-0.2, 0) is 0 Å². The first-order chi connectivity index (χ1) is 13.6. The minimum absolute atomic E-state index is 0.130. The molecular formula is C17H11N7O3S. The Morgan fingerprint density at radius 3 is 2.79 bits per heavy atom. The van der Waals surface area contributed by atoms with Gasteiger partial charge < -0.3 is 4.57 Å². The second-order valence-electron chi connectivity index (χ2n) is 5.51. The third-order valence-corrected chi connectivity index (χ3v) is 4.61. The molecule has 0 spiro atoms. The van der Waals surface area contributed by atoms with Gasteiger partial charge in [0.25, 0.3) is 11.6 Å². The summed E-state index contributed by atoms with van der Waals surface area (Å²) in [6, 6.07) is 9.60. The van der Waals surface area contributed by atoms with E-state index in [2.05, 4.69) is 25.5 Å². The molecule has 1 N–H and O–H groups in total. The van der Waals surface area contributed by atoms with Crippen molar-refractivity contribution in [2.75, 3.05) is 5.32 Å². The van der Waals surface area contributed by atoms with E-state index in [1.54, 1.807) is 24.5 Å². The van der Waals surface area contributed by atoms with Crippen molar-refractivity contribution in [2.45, 2.75) is 0 Å². The zero-order valence-electron chi connectivity index (χ0n) is 14.1. The number of hydrogen-bond acceptors (Lipinski definition) is 8. The Balaban J connectivity index is 1.58. The number of nitrogens with one attached hydrogen (secondary N) is 1. The van der Waals surface area contributed by atoms with Gasteiger partial charge in [0.2, 0.25) is 5.13 Å². The lowest BCUT2D eigenvalue weighted by molar-refractivity contribution is -0.384. The average molecular weight is 393 g/mol. The summed E-state index contributed by atoms with van der Waals surface area (Å²) < 4.78 is 1.50. The molecule has 4 aromatic rings. The molecule has 0 saturated heterocycles. The van der Waals surface area contributed by atoms with Gasteiger partial charge >= 0.3 is 0 Å². The Labute approximate surface area is 161 Å². The van der Waals surface area contributed by atoms with Crippen LogP contribution in [0.4, 0.5) is 10.8 Å². The molecule has 0 aliphatic carbocycles. The molecule has 3 aromatic heterocycles. The molecule has 1 aromatic carbocycles. The molecule has 0 radical (unpaired) electrons. The Bertz CT molecular complexity index is 1140. The van der Waals surface area contributed by atoms with Crippen LogP contribution in [0.5, 0.6) is 0 Å². The largest absolute Gasteiger partial charge is 0.300 e. The van der Waals surface area contributed by atoms with Crippen molar-refractivity contribution in [2.24, 2.45) is 0 Å². The summed E-state index contributed by atoms with van der Waals surface area (Å²) in [4.78, 5) is 31.4. The van der Waals surface area contributed by atoms with Gasteiger partial charge in [-0.25, -0.2) is 4.98 Å². The summed E-state index contributed by atoms with van der Waals surface area (Å²) in [6.07, 6.45) is 6.18. The Morgan fingerprint density at radius 2 is 2.07 bits per heavy atom. The van der Waals surface area contributed by atoms with Crippen molar-refractivity contribution in [3.8, 4) is 16.4 Å². The van der Waals surface area contributed by atoms with Crippen LogP contribution in [0.25, 0.3) is 16.4 Å². The molecule has 11 heteroatoms. The maximum Gasteiger partial charge on any atom is 0.294 e. The number of nitro benzene ring substituents is 1. The van der Waals surface area contributed by atoms with E-state index in [0.29, 0.717) is 16.4 Å². The van der Waals surface area contributed by atoms with Gasteiger partial charge in [-0.2, -0.15) is 0 Å². The summed E-state index contributed by atoms with van der Waals surface area (Å²) in [5.74, 6) is -0.524. The highest BCUT2D eigenvalue weighted by Gasteiger charge is 2.19. The van der Waals surface area contributed by atoms with Crippen molar-refractivity contribution in [1.82, 2.24) is 24.7 Å². The number of anilines is 1. The van der Waals surface area contributed by atoms with Crippen LogP contribution in [0.15, 0.2) is 61.3 Å². The first kappa shape index (κ1) is 17.4. The van der Waals surface area contributed by atoms with Gasteiger partial charge in [-0.15, -0.1) is 10.2 Å². The minimum Gasteiger partial charge on any atom is -0.300 e. The molecular weight excluding hydrogens is 382 g/mol. The van der Waals surface area contributed by atoms with Crippen LogP contribution in [0, 0.1) is 10.1 Å². The zero-order valence-corrected chi connectivity index (χ0v) is 14.9. The van der Waals surface area contributed by atoms with Crippen molar-refractivity contribution in [3.05, 3.63) is 77.0 Å². The fourth-order valence-electron chi connectivity index (χ4n) is 2.47. The van der Waals surface area contributed by atoms with Crippen LogP contribution in [0.1, 0.15) is 10.4 Å². The van der Waals surface area contributed by atoms with E-state index in [1.165, 1.54) is 35.3 Å². The summed E-state index contributed by atoms with van der Waals surface area (Å²) in [7, 11) is 0. The number of nitrogens with zero attached hydrogens (tertiary/aromatic N) is 6. The molecule has 0 bridgehead atoms. The lowest BCUT2D eigenvalue weighted by atomic mass is 10.1. The van der Waals surface area contributed by atoms with Gasteiger partial charge in [0.15, 0.2) is 5.01 Å². The normalized spacial score (nSPS) is 10.6. The highest BCUT2D eigenvalue weighted by Crippen LogP contribution is 2.27. The molecule has 0 fully saturated rings. The van der Waals surface area contributed by atoms with E-state index in [-0.39, 0.29) is 16.4 Å². The van der Waals surface area contributed by atoms with Gasteiger partial charge in [-0.05, 0) is 24.3 Å². The fraction of sp³-hybridized carbons (Fsp3) is 0. The molecule has 138 valence electrons. The molecule has 0 aliphatic rings. The van der Waals surface area contributed by atoms with Crippen LogP contribution < -0.4 is 5.32 Å². The smallest absolute Gasteiger partial charge is 0.294 e. The van der Waals surface area contributed by atoms with Gasteiger partial charge in [0.05, 0.1) is 11.3 Å². The predicted molar refractivity (Wildman–Crippen MR) is 101 cm³/mol. The summed E-state index contributed by atoms with van der Waals surface area (Å²) in [5, 5.41) is 22.8. The number of aromatic nitrogens is 5. The number of rotatable bonds is 5. The number of carbonyl (C=O) groups excluding carboxylic acids is 1. The predicted octanol–water partition coefficient (Wildman–Crippen LogP) is 2.95. The maximum atomic E-state index is 12.5. The van der Waals surface area contributed by atoms with Gasteiger partial charge in [-0.3, -0.25) is 25.2 Å². The highest BCUT2D eigenvalue weighted by molar-refractivity contribution is 7.18. The average Bonchev–Trinajstić information content (AvgIpc) is 3.40. The molecule has 0 atom stereocenters. The second-order valence-corrected chi connectivity index (χ2v) is 6.49. The molecule has 28 heavy (non-hydrogen) atoms. The summed E-state index contributed by atoms with van der Waals surface area (Å²) >= 11 is 1.16. The van der Waals surface area contributed by atoms with Gasteiger partial charge in [0.1, 0.15) is 11.4 Å². The molecule has 3 heterocycles. The van der Waals surface area contributed by atoms with E-state index in [9.17, 15) is 14.9 Å². The third kappa shape index (κ3) is 3.46. The standard InChI is InChI=1S/C17H11N7O3S/c25-15(20-17-22-21-16(28-17)12-3-1-2-6-19-12)11-4-5-13(14(9-11)24(26)27)23-8-7-18-10-23/h1-10H,(H,20,22,25). The number of pyridine rings is 1. The van der Waals surface area contributed by atoms with Crippen LogP contribution in [0.2, 0.25) is 0 Å². The minimum atomic E-state index is -0.545. The Morgan fingerprint density at radius 1 is 1.18 bits per heavy atom. The van der Waals surface area contributed by atoms with Crippen molar-refractivity contribution < 1.29 is 9.72 Å². The van der Waals surface area contributed by atoms with E-state index in [4.69, 9.17) is 0 Å². The van der Waals surface area contributed by atoms with Crippen LogP contribution in [-0.4, -0.2) is 35.6 Å². The van der Waals surface area contributed by atoms with E-state index in [0.717, 1.165) is 11.3 Å². The second kappa shape index (κ2) is 7.32. The highest BCUT2D eigenvalue weighted by atomic mass is 32.1. The van der Waals surface area contributed by atoms with E-state index >= 15 is 0 Å². The third-order valence-electron chi connectivity index (χ3n) is 3.75. The maximum absolute atomic E-state index is 12.5. The number of benzene rings is 1. The molecule has 1 amide bonds. The number of imidazole rings is 1. The lowest BCUT2D eigenvalue weighted by Crippen LogP contribution is -2.12.